The fraction of sp³-hybridized carbons (Fsp3) is 0.208. The highest BCUT2D eigenvalue weighted by molar-refractivity contribution is 7.19. The summed E-state index contributed by atoms with van der Waals surface area (Å²) in [5, 5.41) is 5.77. The molecule has 3 rings (SSSR count). The number of hydrogen-bond acceptors (Lipinski definition) is 7. The third-order valence-electron chi connectivity index (χ3n) is 4.76. The molecule has 0 bridgehead atoms. The van der Waals surface area contributed by atoms with Gasteiger partial charge in [0.1, 0.15) is 16.5 Å². The second-order valence-corrected chi connectivity index (χ2v) is 7.84. The van der Waals surface area contributed by atoms with Gasteiger partial charge in [0.2, 0.25) is 0 Å². The lowest BCUT2D eigenvalue weighted by atomic mass is 10.1. The Morgan fingerprint density at radius 2 is 1.64 bits per heavy atom. The fourth-order valence-electron chi connectivity index (χ4n) is 3.11. The molecule has 172 valence electrons. The van der Waals surface area contributed by atoms with Crippen LogP contribution in [0.5, 0.6) is 11.5 Å². The first-order chi connectivity index (χ1) is 15.9. The van der Waals surface area contributed by atoms with Crippen LogP contribution in [0.4, 0.5) is 10.7 Å². The molecule has 8 nitrogen and oxygen atoms in total. The maximum atomic E-state index is 13.1. The van der Waals surface area contributed by atoms with Crippen molar-refractivity contribution in [2.24, 2.45) is 0 Å². The molecule has 9 heteroatoms. The van der Waals surface area contributed by atoms with Gasteiger partial charge in [0.15, 0.2) is 0 Å². The molecule has 0 atom stereocenters. The van der Waals surface area contributed by atoms with E-state index < -0.39 is 17.8 Å². The molecule has 0 aliphatic heterocycles. The standard InChI is InChI=1S/C24H24N2O6S/c1-5-32-18-9-7-6-8-17(18)25-22(28)20-14(2)19(24(29)31-4)23(33-20)26-21(27)15-10-12-16(30-3)13-11-15/h6-13H,5H2,1-4H3,(H,25,28)(H,26,27). The SMILES string of the molecule is CCOc1ccccc1NC(=O)c1sc(NC(=O)c2ccc(OC)cc2)c(C(=O)OC)c1C. The van der Waals surface area contributed by atoms with Crippen LogP contribution in [0.1, 0.15) is 42.9 Å². The average molecular weight is 469 g/mol. The molecular formula is C24H24N2O6S. The summed E-state index contributed by atoms with van der Waals surface area (Å²) in [5.41, 5.74) is 1.41. The Hall–Kier alpha value is -3.85. The summed E-state index contributed by atoms with van der Waals surface area (Å²) in [6, 6.07) is 13.6. The molecule has 0 unspecified atom stereocenters. The molecule has 1 heterocycles. The van der Waals surface area contributed by atoms with E-state index in [1.54, 1.807) is 55.5 Å². The van der Waals surface area contributed by atoms with E-state index in [1.807, 2.05) is 6.92 Å². The highest BCUT2D eigenvalue weighted by atomic mass is 32.1. The largest absolute Gasteiger partial charge is 0.497 e. The summed E-state index contributed by atoms with van der Waals surface area (Å²) >= 11 is 0.997. The van der Waals surface area contributed by atoms with E-state index in [-0.39, 0.29) is 15.4 Å². The first-order valence-electron chi connectivity index (χ1n) is 10.1. The van der Waals surface area contributed by atoms with Crippen molar-refractivity contribution in [3.05, 3.63) is 70.1 Å². The lowest BCUT2D eigenvalue weighted by Crippen LogP contribution is -2.14. The number of carbonyl (C=O) groups is 3. The quantitative estimate of drug-likeness (QED) is 0.462. The number of benzene rings is 2. The Balaban J connectivity index is 1.91. The number of para-hydroxylation sites is 2. The third-order valence-corrected chi connectivity index (χ3v) is 5.96. The number of amides is 2. The number of nitrogens with one attached hydrogen (secondary N) is 2. The average Bonchev–Trinajstić information content (AvgIpc) is 3.15. The Morgan fingerprint density at radius 1 is 0.939 bits per heavy atom. The van der Waals surface area contributed by atoms with Crippen LogP contribution in [0.3, 0.4) is 0 Å². The van der Waals surface area contributed by atoms with Crippen molar-refractivity contribution in [2.45, 2.75) is 13.8 Å². The van der Waals surface area contributed by atoms with E-state index in [4.69, 9.17) is 14.2 Å². The van der Waals surface area contributed by atoms with Gasteiger partial charge in [-0.2, -0.15) is 0 Å². The van der Waals surface area contributed by atoms with Crippen LogP contribution < -0.4 is 20.1 Å². The van der Waals surface area contributed by atoms with Gasteiger partial charge in [0.25, 0.3) is 11.8 Å². The molecule has 1 aromatic heterocycles. The topological polar surface area (TPSA) is 103 Å². The van der Waals surface area contributed by atoms with E-state index in [0.29, 0.717) is 34.9 Å². The zero-order valence-corrected chi connectivity index (χ0v) is 19.5. The molecule has 0 spiro atoms. The third kappa shape index (κ3) is 5.32. The molecule has 0 aliphatic rings. The number of esters is 1. The second-order valence-electron chi connectivity index (χ2n) is 6.82. The molecule has 0 saturated carbocycles. The van der Waals surface area contributed by atoms with Crippen LogP contribution in [0.2, 0.25) is 0 Å². The monoisotopic (exact) mass is 468 g/mol. The molecule has 0 radical (unpaired) electrons. The van der Waals surface area contributed by atoms with E-state index in [0.717, 1.165) is 11.3 Å². The van der Waals surface area contributed by atoms with Gasteiger partial charge in [0, 0.05) is 5.56 Å². The van der Waals surface area contributed by atoms with Gasteiger partial charge >= 0.3 is 5.97 Å². The Morgan fingerprint density at radius 3 is 2.27 bits per heavy atom. The number of ether oxygens (including phenoxy) is 3. The molecule has 2 amide bonds. The Labute approximate surface area is 195 Å². The number of methoxy groups -OCH3 is 2. The van der Waals surface area contributed by atoms with Crippen LogP contribution in [-0.4, -0.2) is 38.6 Å². The predicted octanol–water partition coefficient (Wildman–Crippen LogP) is 4.76. The summed E-state index contributed by atoms with van der Waals surface area (Å²) in [5.74, 6) is -0.371. The zero-order valence-electron chi connectivity index (χ0n) is 18.7. The van der Waals surface area contributed by atoms with E-state index in [9.17, 15) is 14.4 Å². The van der Waals surface area contributed by atoms with Gasteiger partial charge in [-0.3, -0.25) is 9.59 Å². The van der Waals surface area contributed by atoms with Crippen molar-refractivity contribution in [1.82, 2.24) is 0 Å². The van der Waals surface area contributed by atoms with Crippen LogP contribution in [0.25, 0.3) is 0 Å². The van der Waals surface area contributed by atoms with Crippen molar-refractivity contribution in [2.75, 3.05) is 31.5 Å². The summed E-state index contributed by atoms with van der Waals surface area (Å²) < 4.78 is 15.5. The zero-order chi connectivity index (χ0) is 24.0. The van der Waals surface area contributed by atoms with Gasteiger partial charge in [-0.1, -0.05) is 12.1 Å². The minimum atomic E-state index is -0.650. The van der Waals surface area contributed by atoms with E-state index in [2.05, 4.69) is 10.6 Å². The van der Waals surface area contributed by atoms with Crippen LogP contribution in [0.15, 0.2) is 48.5 Å². The lowest BCUT2D eigenvalue weighted by molar-refractivity contribution is 0.0601. The second kappa shape index (κ2) is 10.6. The highest BCUT2D eigenvalue weighted by Gasteiger charge is 2.27. The minimum Gasteiger partial charge on any atom is -0.497 e. The number of hydrogen-bond donors (Lipinski definition) is 2. The van der Waals surface area contributed by atoms with Crippen molar-refractivity contribution in [1.29, 1.82) is 0 Å². The number of rotatable bonds is 8. The molecular weight excluding hydrogens is 444 g/mol. The van der Waals surface area contributed by atoms with Crippen LogP contribution in [0, 0.1) is 6.92 Å². The van der Waals surface area contributed by atoms with E-state index in [1.165, 1.54) is 14.2 Å². The molecule has 2 aromatic carbocycles. The molecule has 2 N–H and O–H groups in total. The van der Waals surface area contributed by atoms with E-state index >= 15 is 0 Å². The summed E-state index contributed by atoms with van der Waals surface area (Å²) in [6.07, 6.45) is 0. The van der Waals surface area contributed by atoms with Crippen molar-refractivity contribution < 1.29 is 28.6 Å². The summed E-state index contributed by atoms with van der Waals surface area (Å²) in [4.78, 5) is 38.5. The molecule has 0 aliphatic carbocycles. The summed E-state index contributed by atoms with van der Waals surface area (Å²) in [7, 11) is 2.78. The van der Waals surface area contributed by atoms with Gasteiger partial charge in [-0.25, -0.2) is 4.79 Å². The smallest absolute Gasteiger partial charge is 0.341 e. The number of anilines is 2. The van der Waals surface area contributed by atoms with Gasteiger partial charge in [-0.05, 0) is 55.8 Å². The van der Waals surface area contributed by atoms with Crippen molar-refractivity contribution in [3.8, 4) is 11.5 Å². The van der Waals surface area contributed by atoms with Crippen LogP contribution in [-0.2, 0) is 4.74 Å². The van der Waals surface area contributed by atoms with Crippen molar-refractivity contribution in [3.63, 3.8) is 0 Å². The van der Waals surface area contributed by atoms with Gasteiger partial charge in [0.05, 0.1) is 37.0 Å². The molecule has 3 aromatic rings. The highest BCUT2D eigenvalue weighted by Crippen LogP contribution is 2.35. The minimum absolute atomic E-state index is 0.132. The maximum Gasteiger partial charge on any atom is 0.341 e. The van der Waals surface area contributed by atoms with Gasteiger partial charge in [-0.15, -0.1) is 11.3 Å². The number of carbonyl (C=O) groups excluding carboxylic acids is 3. The Bertz CT molecular complexity index is 1170. The first kappa shape index (κ1) is 23.8. The Kier molecular flexibility index (Phi) is 7.68. The van der Waals surface area contributed by atoms with Crippen LogP contribution >= 0.6 is 11.3 Å². The maximum absolute atomic E-state index is 13.1. The number of thiophene rings is 1. The van der Waals surface area contributed by atoms with Crippen molar-refractivity contribution >= 4 is 39.8 Å². The normalized spacial score (nSPS) is 10.3. The predicted molar refractivity (Wildman–Crippen MR) is 127 cm³/mol. The fourth-order valence-corrected chi connectivity index (χ4v) is 4.20. The van der Waals surface area contributed by atoms with Gasteiger partial charge < -0.3 is 24.8 Å². The lowest BCUT2D eigenvalue weighted by Gasteiger charge is -2.11. The first-order valence-corrected chi connectivity index (χ1v) is 10.9. The molecule has 0 saturated heterocycles. The molecule has 0 fully saturated rings. The molecule has 33 heavy (non-hydrogen) atoms. The summed E-state index contributed by atoms with van der Waals surface area (Å²) in [6.45, 7) is 3.93.